The summed E-state index contributed by atoms with van der Waals surface area (Å²) < 4.78 is 16.8. The number of aromatic nitrogens is 2. The Morgan fingerprint density at radius 2 is 0.904 bits per heavy atom. The molecule has 0 bridgehead atoms. The summed E-state index contributed by atoms with van der Waals surface area (Å²) >= 11 is 0. The second-order valence-electron chi connectivity index (χ2n) is 24.8. The van der Waals surface area contributed by atoms with Crippen LogP contribution in [-0.2, 0) is 49.6 Å². The van der Waals surface area contributed by atoms with Crippen molar-refractivity contribution in [1.29, 1.82) is 0 Å². The van der Waals surface area contributed by atoms with Gasteiger partial charge in [0.1, 0.15) is 36.9 Å². The van der Waals surface area contributed by atoms with Gasteiger partial charge in [0.05, 0.1) is 41.3 Å². The van der Waals surface area contributed by atoms with Crippen LogP contribution in [0.4, 0.5) is 0 Å². The Hall–Kier alpha value is -8.54. The van der Waals surface area contributed by atoms with E-state index in [-0.39, 0.29) is 48.2 Å². The molecule has 3 aliphatic heterocycles. The van der Waals surface area contributed by atoms with Crippen molar-refractivity contribution in [3.63, 3.8) is 0 Å². The molecule has 11 rings (SSSR count). The van der Waals surface area contributed by atoms with E-state index in [0.29, 0.717) is 77.6 Å². The van der Waals surface area contributed by atoms with Gasteiger partial charge in [-0.2, -0.15) is 0 Å². The van der Waals surface area contributed by atoms with Crippen LogP contribution in [0.2, 0.25) is 0 Å². The maximum atomic E-state index is 13.5. The summed E-state index contributed by atoms with van der Waals surface area (Å²) in [6.45, 7) is 6.84. The molecule has 0 radical (unpaired) electrons. The van der Waals surface area contributed by atoms with Crippen LogP contribution in [0.5, 0.6) is 11.5 Å². The summed E-state index contributed by atoms with van der Waals surface area (Å²) in [5.74, 6) is 0.0262. The lowest BCUT2D eigenvalue weighted by Crippen LogP contribution is -2.53. The van der Waals surface area contributed by atoms with Gasteiger partial charge < -0.3 is 45.9 Å². The topological polar surface area (TPSA) is 209 Å². The number of nitrogens with one attached hydrogen (secondary N) is 5. The summed E-state index contributed by atoms with van der Waals surface area (Å²) in [5.41, 5.74) is 7.06. The zero-order valence-corrected chi connectivity index (χ0v) is 54.5. The Kier molecular flexibility index (Phi) is 29.1. The van der Waals surface area contributed by atoms with Crippen molar-refractivity contribution in [2.75, 3.05) is 78.7 Å². The van der Waals surface area contributed by atoms with Gasteiger partial charge in [0.25, 0.3) is 0 Å². The number of ether oxygens (including phenoxy) is 3. The largest absolute Gasteiger partial charge is 0.490 e. The monoisotopic (exact) mass is 1270 g/mol. The third-order valence-electron chi connectivity index (χ3n) is 17.6. The lowest BCUT2D eigenvalue weighted by molar-refractivity contribution is -0.138. The second-order valence-corrected chi connectivity index (χ2v) is 24.8. The number of pyridine rings is 2. The molecule has 496 valence electrons. The summed E-state index contributed by atoms with van der Waals surface area (Å²) in [4.78, 5) is 63.2. The van der Waals surface area contributed by atoms with E-state index in [2.05, 4.69) is 114 Å². The minimum absolute atomic E-state index is 0.00105. The minimum Gasteiger partial charge on any atom is -0.490 e. The van der Waals surface area contributed by atoms with E-state index in [1.807, 2.05) is 109 Å². The number of rotatable bonds is 32. The van der Waals surface area contributed by atoms with Gasteiger partial charge in [0.15, 0.2) is 0 Å². The van der Waals surface area contributed by atoms with Gasteiger partial charge in [-0.05, 0) is 174 Å². The quantitative estimate of drug-likeness (QED) is 0.0172. The van der Waals surface area contributed by atoms with Gasteiger partial charge in [0, 0.05) is 69.0 Å². The molecule has 2 aromatic heterocycles. The molecule has 0 saturated carbocycles. The second kappa shape index (κ2) is 39.2. The molecular formula is C78H96N8O8. The molecule has 3 aliphatic rings. The van der Waals surface area contributed by atoms with Crippen LogP contribution in [0.1, 0.15) is 86.5 Å². The Balaban J connectivity index is 0.000000189. The van der Waals surface area contributed by atoms with Crippen LogP contribution in [0.3, 0.4) is 0 Å². The number of likely N-dealkylation sites (tertiary alicyclic amines) is 1. The zero-order valence-electron chi connectivity index (χ0n) is 54.5. The van der Waals surface area contributed by atoms with Gasteiger partial charge in [-0.1, -0.05) is 133 Å². The van der Waals surface area contributed by atoms with E-state index >= 15 is 0 Å². The van der Waals surface area contributed by atoms with Crippen molar-refractivity contribution in [3.8, 4) is 11.5 Å². The molecule has 3 fully saturated rings. The molecule has 6 aromatic carbocycles. The van der Waals surface area contributed by atoms with Crippen LogP contribution < -0.4 is 36.1 Å². The highest BCUT2D eigenvalue weighted by Gasteiger charge is 2.39. The van der Waals surface area contributed by atoms with Crippen LogP contribution in [-0.4, -0.2) is 135 Å². The number of unbranched alkanes of at least 4 members (excludes halogenated alkanes) is 4. The number of hydrogen-bond acceptors (Lipinski definition) is 12. The zero-order chi connectivity index (χ0) is 65.2. The van der Waals surface area contributed by atoms with Gasteiger partial charge in [0.2, 0.25) is 23.6 Å². The van der Waals surface area contributed by atoms with Crippen LogP contribution in [0.15, 0.2) is 194 Å². The van der Waals surface area contributed by atoms with E-state index < -0.39 is 17.9 Å². The predicted octanol–water partition coefficient (Wildman–Crippen LogP) is 10.7. The van der Waals surface area contributed by atoms with E-state index in [1.54, 1.807) is 12.4 Å². The summed E-state index contributed by atoms with van der Waals surface area (Å²) in [6, 6.07) is 60.9. The van der Waals surface area contributed by atoms with E-state index in [1.165, 1.54) is 22.3 Å². The van der Waals surface area contributed by atoms with Crippen LogP contribution in [0.25, 0.3) is 21.8 Å². The molecule has 6 N–H and O–H groups in total. The van der Waals surface area contributed by atoms with Crippen LogP contribution >= 0.6 is 0 Å². The molecule has 5 heterocycles. The number of β-amino-alcohol motifs (C(OH)–C–C–N with tert-alkyl or cyclic N) is 1. The van der Waals surface area contributed by atoms with Gasteiger partial charge >= 0.3 is 0 Å². The lowest BCUT2D eigenvalue weighted by Gasteiger charge is -2.37. The molecule has 16 heteroatoms. The maximum Gasteiger partial charge on any atom is 0.225 e. The number of fused-ring (bicyclic) bond motifs is 2. The van der Waals surface area contributed by atoms with Crippen molar-refractivity contribution in [2.24, 2.45) is 23.7 Å². The molecule has 6 atom stereocenters. The van der Waals surface area contributed by atoms with Crippen molar-refractivity contribution < 1.29 is 38.5 Å². The number of carbonyl (C=O) groups is 4. The fourth-order valence-electron chi connectivity index (χ4n) is 12.3. The average Bonchev–Trinajstić information content (AvgIpc) is 1.34. The fourth-order valence-corrected chi connectivity index (χ4v) is 12.3. The first-order valence-electron chi connectivity index (χ1n) is 34.2. The van der Waals surface area contributed by atoms with Gasteiger partial charge in [-0.3, -0.25) is 34.0 Å². The number of aliphatic hydroxyl groups excluding tert-OH is 1. The first-order chi connectivity index (χ1) is 46.2. The average molecular weight is 1270 g/mol. The standard InChI is InChI=1S/C39H48N4O4.C27H37N3O2.C12H11NO2/c44-32(29-47-37-21-11-20-36-34(37)19-12-25-40-36)27-43-26-22-33(38(45)41-23-9-7-17-30-13-3-1-4-14-30)35(28-43)39(46)42-24-10-8-18-31-15-5-2-6-16-31;31-26(29-18-9-7-15-22-11-3-1-4-12-22)24-17-20-28-21-25(24)27(32)30-19-10-8-16-23-13-5-2-6-14-23;1-4-11-10(3-2-6-13-11)12(5-1)15-8-9-7-14-9/h1-6,11-16,19-21,25,32-33,35,44H,7-10,17-18,22-24,26-29H2,(H,41,45)(H,42,46);1-6,11-14,24-25,28H,7-10,15-21H2,(H,29,31)(H,30,32);1-6,9H,7-8H2/t32-,33-,35-;24-,25-;/m11./s1. The molecule has 1 unspecified atom stereocenters. The minimum atomic E-state index is -0.751. The molecule has 94 heavy (non-hydrogen) atoms. The number of epoxide rings is 1. The molecular weight excluding hydrogens is 1180 g/mol. The number of aliphatic hydroxyl groups is 1. The summed E-state index contributed by atoms with van der Waals surface area (Å²) in [5, 5.41) is 28.5. The molecule has 4 amide bonds. The molecule has 3 saturated heterocycles. The van der Waals surface area contributed by atoms with Crippen LogP contribution in [0, 0.1) is 23.7 Å². The Morgan fingerprint density at radius 3 is 1.35 bits per heavy atom. The first kappa shape index (κ1) is 69.8. The van der Waals surface area contributed by atoms with Crippen molar-refractivity contribution in [2.45, 2.75) is 102 Å². The highest BCUT2D eigenvalue weighted by molar-refractivity contribution is 5.89. The smallest absolute Gasteiger partial charge is 0.225 e. The number of amides is 4. The van der Waals surface area contributed by atoms with E-state index in [9.17, 15) is 24.3 Å². The number of piperidine rings is 2. The summed E-state index contributed by atoms with van der Waals surface area (Å²) in [7, 11) is 0. The van der Waals surface area contributed by atoms with Gasteiger partial charge in [-0.25, -0.2) is 0 Å². The highest BCUT2D eigenvalue weighted by atomic mass is 16.6. The molecule has 0 aliphatic carbocycles. The Labute approximate surface area is 555 Å². The summed E-state index contributed by atoms with van der Waals surface area (Å²) in [6.07, 6.45) is 16.0. The highest BCUT2D eigenvalue weighted by Crippen LogP contribution is 2.28. The Bertz CT molecular complexity index is 3430. The first-order valence-corrected chi connectivity index (χ1v) is 34.2. The number of nitrogens with zero attached hydrogens (tertiary/aromatic N) is 3. The van der Waals surface area contributed by atoms with Gasteiger partial charge in [-0.15, -0.1) is 0 Å². The van der Waals surface area contributed by atoms with Crippen molar-refractivity contribution >= 4 is 45.4 Å². The molecule has 8 aromatic rings. The fraction of sp³-hybridized carbons (Fsp3) is 0.410. The lowest BCUT2D eigenvalue weighted by atomic mass is 9.83. The molecule has 0 spiro atoms. The maximum absolute atomic E-state index is 13.5. The van der Waals surface area contributed by atoms with E-state index in [0.717, 1.165) is 118 Å². The molecule has 16 nitrogen and oxygen atoms in total. The normalized spacial score (nSPS) is 17.8. The number of hydrogen-bond donors (Lipinski definition) is 6. The SMILES string of the molecule is O=C(NCCCCc1ccccc1)[C@@H]1CCN(C[C@@H](O)COc2cccc3ncccc23)C[C@H]1C(=O)NCCCCc1ccccc1.O=C(NCCCCc1ccccc1)[C@@H]1CCNC[C@H]1C(=O)NCCCCc1ccccc1.c1cc(OCC2CO2)c2cccnc2c1. The third-order valence-corrected chi connectivity index (χ3v) is 17.6. The third kappa shape index (κ3) is 23.8. The number of aryl methyl sites for hydroxylation is 4. The number of benzene rings is 6. The van der Waals surface area contributed by atoms with Crippen molar-refractivity contribution in [1.82, 2.24) is 41.5 Å². The van der Waals surface area contributed by atoms with E-state index in [4.69, 9.17) is 14.2 Å². The predicted molar refractivity (Wildman–Crippen MR) is 372 cm³/mol. The Morgan fingerprint density at radius 1 is 0.489 bits per heavy atom. The number of carbonyl (C=O) groups excluding carboxylic acids is 4. The van der Waals surface area contributed by atoms with Crippen molar-refractivity contribution in [3.05, 3.63) is 217 Å².